The third-order valence-corrected chi connectivity index (χ3v) is 5.14. The highest BCUT2D eigenvalue weighted by atomic mass is 32.1. The quantitative estimate of drug-likeness (QED) is 0.849. The zero-order chi connectivity index (χ0) is 17.8. The summed E-state index contributed by atoms with van der Waals surface area (Å²) in [6.07, 6.45) is 2.21. The van der Waals surface area contributed by atoms with Crippen LogP contribution in [0.5, 0.6) is 0 Å². The number of benzene rings is 1. The fourth-order valence-corrected chi connectivity index (χ4v) is 3.75. The molecule has 1 unspecified atom stereocenters. The maximum atomic E-state index is 12.1. The molecule has 0 bridgehead atoms. The minimum Gasteiger partial charge on any atom is -0.376 e. The van der Waals surface area contributed by atoms with E-state index >= 15 is 0 Å². The Morgan fingerprint density at radius 2 is 2.24 bits per heavy atom. The first-order valence-corrected chi connectivity index (χ1v) is 9.39. The maximum absolute atomic E-state index is 12.1. The van der Waals surface area contributed by atoms with Gasteiger partial charge in [0.25, 0.3) is 5.91 Å². The average Bonchev–Trinajstić information content (AvgIpc) is 3.19. The van der Waals surface area contributed by atoms with Crippen LogP contribution in [0.25, 0.3) is 11.3 Å². The van der Waals surface area contributed by atoms with E-state index < -0.39 is 0 Å². The fourth-order valence-electron chi connectivity index (χ4n) is 2.90. The Labute approximate surface area is 152 Å². The number of anilines is 1. The number of hydrogen-bond acceptors (Lipinski definition) is 5. The minimum absolute atomic E-state index is 0.0251. The molecule has 0 radical (unpaired) electrons. The lowest BCUT2D eigenvalue weighted by molar-refractivity contribution is -0.121. The highest BCUT2D eigenvalue weighted by Crippen LogP contribution is 2.32. The van der Waals surface area contributed by atoms with E-state index in [2.05, 4.69) is 42.3 Å². The van der Waals surface area contributed by atoms with Crippen molar-refractivity contribution in [3.8, 4) is 11.3 Å². The molecule has 1 aliphatic rings. The van der Waals surface area contributed by atoms with Crippen LogP contribution in [0, 0.1) is 20.8 Å². The highest BCUT2D eigenvalue weighted by Gasteiger charge is 2.17. The molecule has 5 nitrogen and oxygen atoms in total. The van der Waals surface area contributed by atoms with Crippen LogP contribution in [-0.2, 0) is 14.3 Å². The van der Waals surface area contributed by atoms with Gasteiger partial charge in [-0.25, -0.2) is 4.98 Å². The van der Waals surface area contributed by atoms with Gasteiger partial charge in [-0.2, -0.15) is 0 Å². The van der Waals surface area contributed by atoms with Crippen molar-refractivity contribution in [3.05, 3.63) is 34.2 Å². The Bertz CT molecular complexity index is 751. The predicted octanol–water partition coefficient (Wildman–Crippen LogP) is 3.87. The topological polar surface area (TPSA) is 60.5 Å². The summed E-state index contributed by atoms with van der Waals surface area (Å²) in [7, 11) is 0. The van der Waals surface area contributed by atoms with Gasteiger partial charge in [0.2, 0.25) is 0 Å². The molecule has 1 N–H and O–H groups in total. The van der Waals surface area contributed by atoms with Crippen LogP contribution in [-0.4, -0.2) is 36.8 Å². The number of rotatable bonds is 6. The van der Waals surface area contributed by atoms with Gasteiger partial charge >= 0.3 is 0 Å². The molecule has 1 amide bonds. The van der Waals surface area contributed by atoms with Gasteiger partial charge in [0.15, 0.2) is 5.13 Å². The summed E-state index contributed by atoms with van der Waals surface area (Å²) in [5.41, 5.74) is 4.42. The fraction of sp³-hybridized carbons (Fsp3) is 0.474. The molecule has 1 aromatic heterocycles. The number of hydrogen-bond donors (Lipinski definition) is 1. The summed E-state index contributed by atoms with van der Waals surface area (Å²) >= 11 is 1.49. The average molecular weight is 360 g/mol. The Balaban J connectivity index is 1.60. The summed E-state index contributed by atoms with van der Waals surface area (Å²) in [6, 6.07) is 6.32. The lowest BCUT2D eigenvalue weighted by Crippen LogP contribution is -2.22. The molecule has 0 spiro atoms. The lowest BCUT2D eigenvalue weighted by atomic mass is 10.0. The molecule has 1 aromatic carbocycles. The first-order chi connectivity index (χ1) is 12.0. The van der Waals surface area contributed by atoms with Crippen LogP contribution >= 0.6 is 11.3 Å². The SMILES string of the molecule is Cc1ccc(C)c(-c2nc(NC(=O)COCC3CCCO3)sc2C)c1. The number of thiazole rings is 1. The van der Waals surface area contributed by atoms with Crippen molar-refractivity contribution < 1.29 is 14.3 Å². The molecule has 0 saturated carbocycles. The second kappa shape index (κ2) is 8.08. The lowest BCUT2D eigenvalue weighted by Gasteiger charge is -2.09. The van der Waals surface area contributed by atoms with Crippen LogP contribution in [0.4, 0.5) is 5.13 Å². The maximum Gasteiger partial charge on any atom is 0.252 e. The van der Waals surface area contributed by atoms with Gasteiger partial charge in [0.05, 0.1) is 18.4 Å². The Morgan fingerprint density at radius 3 is 3.00 bits per heavy atom. The third-order valence-electron chi connectivity index (χ3n) is 4.25. The van der Waals surface area contributed by atoms with Gasteiger partial charge < -0.3 is 9.47 Å². The molecular formula is C19H24N2O3S. The number of nitrogens with zero attached hydrogens (tertiary/aromatic N) is 1. The molecule has 1 saturated heterocycles. The van der Waals surface area contributed by atoms with E-state index in [1.165, 1.54) is 22.5 Å². The van der Waals surface area contributed by atoms with Gasteiger partial charge in [-0.05, 0) is 45.2 Å². The second-order valence-electron chi connectivity index (χ2n) is 6.44. The number of aromatic nitrogens is 1. The van der Waals surface area contributed by atoms with Crippen molar-refractivity contribution >= 4 is 22.4 Å². The summed E-state index contributed by atoms with van der Waals surface area (Å²) < 4.78 is 10.9. The molecule has 0 aliphatic carbocycles. The summed E-state index contributed by atoms with van der Waals surface area (Å²) in [5.74, 6) is -0.181. The van der Waals surface area contributed by atoms with Crippen molar-refractivity contribution in [1.29, 1.82) is 0 Å². The van der Waals surface area contributed by atoms with Crippen LogP contribution in [0.15, 0.2) is 18.2 Å². The van der Waals surface area contributed by atoms with E-state index in [1.54, 1.807) is 0 Å². The molecule has 1 atom stereocenters. The van der Waals surface area contributed by atoms with Crippen LogP contribution in [0.2, 0.25) is 0 Å². The van der Waals surface area contributed by atoms with E-state index in [-0.39, 0.29) is 18.6 Å². The van der Waals surface area contributed by atoms with E-state index in [4.69, 9.17) is 9.47 Å². The van der Waals surface area contributed by atoms with Gasteiger partial charge in [-0.15, -0.1) is 11.3 Å². The summed E-state index contributed by atoms with van der Waals surface area (Å²) in [6.45, 7) is 7.46. The van der Waals surface area contributed by atoms with E-state index in [1.807, 2.05) is 6.92 Å². The predicted molar refractivity (Wildman–Crippen MR) is 100 cm³/mol. The Hall–Kier alpha value is -1.76. The number of carbonyl (C=O) groups is 1. The molecule has 25 heavy (non-hydrogen) atoms. The summed E-state index contributed by atoms with van der Waals surface area (Å²) in [5, 5.41) is 3.45. The Morgan fingerprint density at radius 1 is 1.40 bits per heavy atom. The molecule has 3 rings (SSSR count). The number of aryl methyl sites for hydroxylation is 3. The number of ether oxygens (including phenoxy) is 2. The standard InChI is InChI=1S/C19H24N2O3S/c1-12-6-7-13(2)16(9-12)18-14(3)25-19(21-18)20-17(22)11-23-10-15-5-4-8-24-15/h6-7,9,15H,4-5,8,10-11H2,1-3H3,(H,20,21,22). The zero-order valence-corrected chi connectivity index (χ0v) is 15.7. The normalized spacial score (nSPS) is 17.0. The first kappa shape index (κ1) is 18.0. The Kier molecular flexibility index (Phi) is 5.83. The largest absolute Gasteiger partial charge is 0.376 e. The smallest absolute Gasteiger partial charge is 0.252 e. The van der Waals surface area contributed by atoms with Gasteiger partial charge in [-0.3, -0.25) is 10.1 Å². The van der Waals surface area contributed by atoms with Crippen LogP contribution in [0.3, 0.4) is 0 Å². The number of amides is 1. The zero-order valence-electron chi connectivity index (χ0n) is 14.9. The van der Waals surface area contributed by atoms with Crippen molar-refractivity contribution in [2.24, 2.45) is 0 Å². The van der Waals surface area contributed by atoms with Gasteiger partial charge in [0.1, 0.15) is 6.61 Å². The van der Waals surface area contributed by atoms with Gasteiger partial charge in [0, 0.05) is 17.0 Å². The molecule has 2 aromatic rings. The first-order valence-electron chi connectivity index (χ1n) is 8.57. The van der Waals surface area contributed by atoms with Crippen molar-refractivity contribution in [2.45, 2.75) is 39.7 Å². The molecule has 2 heterocycles. The van der Waals surface area contributed by atoms with E-state index in [9.17, 15) is 4.79 Å². The second-order valence-corrected chi connectivity index (χ2v) is 7.64. The minimum atomic E-state index is -0.181. The van der Waals surface area contributed by atoms with Crippen LogP contribution in [0.1, 0.15) is 28.8 Å². The summed E-state index contributed by atoms with van der Waals surface area (Å²) in [4.78, 5) is 17.8. The van der Waals surface area contributed by atoms with Crippen LogP contribution < -0.4 is 5.32 Å². The molecule has 6 heteroatoms. The van der Waals surface area contributed by atoms with Gasteiger partial charge in [-0.1, -0.05) is 17.7 Å². The van der Waals surface area contributed by atoms with E-state index in [0.717, 1.165) is 35.6 Å². The molecule has 1 aliphatic heterocycles. The number of carbonyl (C=O) groups excluding carboxylic acids is 1. The van der Waals surface area contributed by atoms with E-state index in [0.29, 0.717) is 11.7 Å². The monoisotopic (exact) mass is 360 g/mol. The van der Waals surface area contributed by atoms with Crippen molar-refractivity contribution in [2.75, 3.05) is 25.1 Å². The van der Waals surface area contributed by atoms with Crippen molar-refractivity contribution in [1.82, 2.24) is 4.98 Å². The molecule has 134 valence electrons. The molecule has 1 fully saturated rings. The number of nitrogens with one attached hydrogen (secondary N) is 1. The third kappa shape index (κ3) is 4.66. The van der Waals surface area contributed by atoms with Crippen molar-refractivity contribution in [3.63, 3.8) is 0 Å². The molecular weight excluding hydrogens is 336 g/mol. The highest BCUT2D eigenvalue weighted by molar-refractivity contribution is 7.16.